The van der Waals surface area contributed by atoms with Gasteiger partial charge in [0.2, 0.25) is 15.9 Å². The summed E-state index contributed by atoms with van der Waals surface area (Å²) in [5.74, 6) is -0.208. The molecule has 0 aliphatic heterocycles. The molecule has 2 aromatic carbocycles. The van der Waals surface area contributed by atoms with Gasteiger partial charge in [0.1, 0.15) is 11.6 Å². The van der Waals surface area contributed by atoms with E-state index in [1.54, 1.807) is 24.3 Å². The molecule has 0 spiro atoms. The van der Waals surface area contributed by atoms with Gasteiger partial charge in [-0.25, -0.2) is 12.8 Å². The van der Waals surface area contributed by atoms with Crippen LogP contribution in [0.25, 0.3) is 0 Å². The van der Waals surface area contributed by atoms with E-state index in [0.717, 1.165) is 0 Å². The summed E-state index contributed by atoms with van der Waals surface area (Å²) in [6, 6.07) is 15.1. The van der Waals surface area contributed by atoms with Crippen molar-refractivity contribution in [1.82, 2.24) is 9.21 Å². The van der Waals surface area contributed by atoms with E-state index in [1.807, 2.05) is 6.92 Å². The predicted molar refractivity (Wildman–Crippen MR) is 120 cm³/mol. The Morgan fingerprint density at radius 1 is 1.03 bits per heavy atom. The second-order valence-corrected chi connectivity index (χ2v) is 9.62. The lowest BCUT2D eigenvalue weighted by molar-refractivity contribution is -0.133. The molecule has 0 aliphatic carbocycles. The third kappa shape index (κ3) is 6.18. The highest BCUT2D eigenvalue weighted by molar-refractivity contribution is 7.89. The van der Waals surface area contributed by atoms with Gasteiger partial charge in [-0.2, -0.15) is 4.31 Å². The van der Waals surface area contributed by atoms with E-state index in [-0.39, 0.29) is 36.9 Å². The Balaban J connectivity index is 1.83. The van der Waals surface area contributed by atoms with Crippen molar-refractivity contribution in [2.45, 2.75) is 31.3 Å². The number of nitrogens with zero attached hydrogens (tertiary/aromatic N) is 2. The predicted octanol–water partition coefficient (Wildman–Crippen LogP) is 4.70. The Bertz CT molecular complexity index is 1120. The fourth-order valence-electron chi connectivity index (χ4n) is 3.17. The number of halogens is 2. The molecule has 0 unspecified atom stereocenters. The summed E-state index contributed by atoms with van der Waals surface area (Å²) in [6.45, 7) is 2.03. The van der Waals surface area contributed by atoms with Crippen molar-refractivity contribution in [3.05, 3.63) is 89.1 Å². The molecule has 1 aromatic heterocycles. The number of sulfonamides is 1. The molecule has 0 saturated carbocycles. The van der Waals surface area contributed by atoms with E-state index in [0.29, 0.717) is 22.8 Å². The number of carbonyl (C=O) groups excluding carboxylic acids is 1. The third-order valence-electron chi connectivity index (χ3n) is 4.80. The van der Waals surface area contributed by atoms with Crippen LogP contribution in [0.15, 0.2) is 76.2 Å². The van der Waals surface area contributed by atoms with Gasteiger partial charge in [-0.05, 0) is 60.5 Å². The Labute approximate surface area is 192 Å². The molecule has 0 radical (unpaired) electrons. The standard InChI is InChI=1S/C23H24ClFN2O4S/c1-2-13-27(32(29,30)22-11-7-19(24)8-12-22)17-23(28)26(16-21-4-3-14-31-21)15-18-5-9-20(25)10-6-18/h3-12,14H,2,13,15-17H2,1H3. The summed E-state index contributed by atoms with van der Waals surface area (Å²) < 4.78 is 46.1. The average molecular weight is 479 g/mol. The van der Waals surface area contributed by atoms with Crippen LogP contribution in [0.1, 0.15) is 24.7 Å². The van der Waals surface area contributed by atoms with Gasteiger partial charge in [-0.1, -0.05) is 30.7 Å². The van der Waals surface area contributed by atoms with Crippen LogP contribution in [0.3, 0.4) is 0 Å². The maximum Gasteiger partial charge on any atom is 0.243 e. The average Bonchev–Trinajstić information content (AvgIpc) is 3.28. The molecule has 1 heterocycles. The molecule has 3 rings (SSSR count). The molecule has 170 valence electrons. The van der Waals surface area contributed by atoms with Crippen molar-refractivity contribution in [3.8, 4) is 0 Å². The normalized spacial score (nSPS) is 11.6. The maximum absolute atomic E-state index is 13.3. The first-order valence-electron chi connectivity index (χ1n) is 10.1. The van der Waals surface area contributed by atoms with Gasteiger partial charge in [0.15, 0.2) is 0 Å². The number of rotatable bonds is 10. The van der Waals surface area contributed by atoms with Gasteiger partial charge in [-0.3, -0.25) is 4.79 Å². The molecule has 1 amide bonds. The number of benzene rings is 2. The smallest absolute Gasteiger partial charge is 0.243 e. The zero-order valence-corrected chi connectivity index (χ0v) is 19.2. The molecule has 0 bridgehead atoms. The third-order valence-corrected chi connectivity index (χ3v) is 6.91. The van der Waals surface area contributed by atoms with Crippen LogP contribution in [0.4, 0.5) is 4.39 Å². The number of amides is 1. The SMILES string of the molecule is CCCN(CC(=O)N(Cc1ccc(F)cc1)Cc1ccco1)S(=O)(=O)c1ccc(Cl)cc1. The summed E-state index contributed by atoms with van der Waals surface area (Å²) >= 11 is 5.88. The zero-order chi connectivity index (χ0) is 23.1. The molecule has 0 saturated heterocycles. The number of hydrogen-bond donors (Lipinski definition) is 0. The Morgan fingerprint density at radius 3 is 2.31 bits per heavy atom. The second-order valence-electron chi connectivity index (χ2n) is 7.25. The van der Waals surface area contributed by atoms with Crippen LogP contribution in [-0.4, -0.2) is 36.6 Å². The van der Waals surface area contributed by atoms with Gasteiger partial charge in [0.05, 0.1) is 24.2 Å². The minimum Gasteiger partial charge on any atom is -0.467 e. The van der Waals surface area contributed by atoms with Crippen LogP contribution < -0.4 is 0 Å². The molecule has 6 nitrogen and oxygen atoms in total. The molecule has 3 aromatic rings. The summed E-state index contributed by atoms with van der Waals surface area (Å²) in [4.78, 5) is 14.8. The van der Waals surface area contributed by atoms with Crippen molar-refractivity contribution in [1.29, 1.82) is 0 Å². The lowest BCUT2D eigenvalue weighted by Crippen LogP contribution is -2.42. The van der Waals surface area contributed by atoms with E-state index >= 15 is 0 Å². The Kier molecular flexibility index (Phi) is 8.06. The molecular formula is C23H24ClFN2O4S. The highest BCUT2D eigenvalue weighted by atomic mass is 35.5. The maximum atomic E-state index is 13.3. The first-order chi connectivity index (χ1) is 15.3. The first kappa shape index (κ1) is 24.0. The molecule has 0 N–H and O–H groups in total. The summed E-state index contributed by atoms with van der Waals surface area (Å²) in [5, 5.41) is 0.422. The minimum atomic E-state index is -3.89. The van der Waals surface area contributed by atoms with Crippen molar-refractivity contribution in [2.24, 2.45) is 0 Å². The van der Waals surface area contributed by atoms with E-state index in [9.17, 15) is 17.6 Å². The molecular weight excluding hydrogens is 455 g/mol. The van der Waals surface area contributed by atoms with Gasteiger partial charge < -0.3 is 9.32 Å². The number of furan rings is 1. The number of hydrogen-bond acceptors (Lipinski definition) is 4. The summed E-state index contributed by atoms with van der Waals surface area (Å²) in [7, 11) is -3.89. The van der Waals surface area contributed by atoms with Gasteiger partial charge in [-0.15, -0.1) is 0 Å². The fourth-order valence-corrected chi connectivity index (χ4v) is 4.78. The van der Waals surface area contributed by atoms with Crippen LogP contribution in [0.5, 0.6) is 0 Å². The van der Waals surface area contributed by atoms with Gasteiger partial charge >= 0.3 is 0 Å². The van der Waals surface area contributed by atoms with Crippen molar-refractivity contribution in [3.63, 3.8) is 0 Å². The minimum absolute atomic E-state index is 0.0688. The lowest BCUT2D eigenvalue weighted by Gasteiger charge is -2.27. The van der Waals surface area contributed by atoms with E-state index < -0.39 is 15.9 Å². The zero-order valence-electron chi connectivity index (χ0n) is 17.6. The van der Waals surface area contributed by atoms with Crippen molar-refractivity contribution in [2.75, 3.05) is 13.1 Å². The monoisotopic (exact) mass is 478 g/mol. The largest absolute Gasteiger partial charge is 0.467 e. The van der Waals surface area contributed by atoms with E-state index in [1.165, 1.54) is 51.9 Å². The van der Waals surface area contributed by atoms with Gasteiger partial charge in [0.25, 0.3) is 0 Å². The van der Waals surface area contributed by atoms with Gasteiger partial charge in [0, 0.05) is 18.1 Å². The molecule has 9 heteroatoms. The fraction of sp³-hybridized carbons (Fsp3) is 0.261. The highest BCUT2D eigenvalue weighted by Crippen LogP contribution is 2.20. The van der Waals surface area contributed by atoms with Crippen LogP contribution >= 0.6 is 11.6 Å². The summed E-state index contributed by atoms with van der Waals surface area (Å²) in [5.41, 5.74) is 0.717. The molecule has 0 fully saturated rings. The van der Waals surface area contributed by atoms with E-state index in [4.69, 9.17) is 16.0 Å². The topological polar surface area (TPSA) is 70.8 Å². The quantitative estimate of drug-likeness (QED) is 0.423. The Morgan fingerprint density at radius 2 is 1.72 bits per heavy atom. The van der Waals surface area contributed by atoms with Crippen molar-refractivity contribution < 1.29 is 22.0 Å². The van der Waals surface area contributed by atoms with Crippen LogP contribution in [0, 0.1) is 5.82 Å². The summed E-state index contributed by atoms with van der Waals surface area (Å²) in [6.07, 6.45) is 2.04. The van der Waals surface area contributed by atoms with E-state index in [2.05, 4.69) is 0 Å². The molecule has 0 atom stereocenters. The highest BCUT2D eigenvalue weighted by Gasteiger charge is 2.28. The number of carbonyl (C=O) groups is 1. The first-order valence-corrected chi connectivity index (χ1v) is 11.9. The van der Waals surface area contributed by atoms with Crippen molar-refractivity contribution >= 4 is 27.5 Å². The molecule has 32 heavy (non-hydrogen) atoms. The van der Waals surface area contributed by atoms with Crippen LogP contribution in [-0.2, 0) is 27.9 Å². The lowest BCUT2D eigenvalue weighted by atomic mass is 10.2. The second kappa shape index (κ2) is 10.8. The molecule has 0 aliphatic rings. The van der Waals surface area contributed by atoms with Crippen LogP contribution in [0.2, 0.25) is 5.02 Å². The Hall–Kier alpha value is -2.68.